The zero-order chi connectivity index (χ0) is 18.7. The summed E-state index contributed by atoms with van der Waals surface area (Å²) in [7, 11) is 6.52. The molecular formula is C18H24N4O4. The Morgan fingerprint density at radius 3 is 2.46 bits per heavy atom. The van der Waals surface area contributed by atoms with Crippen LogP contribution in [0.4, 0.5) is 5.69 Å². The van der Waals surface area contributed by atoms with Gasteiger partial charge in [-0.15, -0.1) is 0 Å². The molecule has 1 fully saturated rings. The molecule has 0 spiro atoms. The van der Waals surface area contributed by atoms with Crippen LogP contribution in [0.3, 0.4) is 0 Å². The molecule has 0 aliphatic carbocycles. The molecule has 0 unspecified atom stereocenters. The highest BCUT2D eigenvalue weighted by atomic mass is 16.5. The van der Waals surface area contributed by atoms with Gasteiger partial charge in [0.1, 0.15) is 5.75 Å². The molecule has 1 aromatic carbocycles. The first-order chi connectivity index (χ1) is 12.6. The summed E-state index contributed by atoms with van der Waals surface area (Å²) in [4.78, 5) is 12.9. The maximum Gasteiger partial charge on any atom is 0.229 e. The van der Waals surface area contributed by atoms with E-state index >= 15 is 0 Å². The van der Waals surface area contributed by atoms with Crippen molar-refractivity contribution in [1.29, 1.82) is 0 Å². The van der Waals surface area contributed by atoms with Gasteiger partial charge in [0.25, 0.3) is 0 Å². The van der Waals surface area contributed by atoms with E-state index in [1.54, 1.807) is 38.1 Å². The monoisotopic (exact) mass is 360 g/mol. The van der Waals surface area contributed by atoms with Gasteiger partial charge in [0.05, 0.1) is 39.1 Å². The first-order valence-electron chi connectivity index (χ1n) is 8.37. The maximum absolute atomic E-state index is 12.9. The average molecular weight is 360 g/mol. The Morgan fingerprint density at radius 2 is 1.85 bits per heavy atom. The molecule has 0 bridgehead atoms. The molecule has 0 saturated carbocycles. The van der Waals surface area contributed by atoms with Crippen molar-refractivity contribution < 1.29 is 19.0 Å². The number of rotatable bonds is 6. The van der Waals surface area contributed by atoms with E-state index in [4.69, 9.17) is 14.2 Å². The van der Waals surface area contributed by atoms with Crippen LogP contribution in [0.15, 0.2) is 24.5 Å². The topological polar surface area (TPSA) is 86.6 Å². The smallest absolute Gasteiger partial charge is 0.229 e. The van der Waals surface area contributed by atoms with Crippen molar-refractivity contribution in [3.05, 3.63) is 30.1 Å². The molecule has 1 amide bonds. The number of carbonyl (C=O) groups is 1. The molecule has 1 saturated heterocycles. The minimum Gasteiger partial charge on any atom is -0.494 e. The third-order valence-corrected chi connectivity index (χ3v) is 4.67. The van der Waals surface area contributed by atoms with Gasteiger partial charge >= 0.3 is 0 Å². The van der Waals surface area contributed by atoms with Gasteiger partial charge in [-0.3, -0.25) is 9.48 Å². The lowest BCUT2D eigenvalue weighted by atomic mass is 9.90. The van der Waals surface area contributed by atoms with E-state index in [9.17, 15) is 4.79 Å². The number of hydrogen-bond acceptors (Lipinski definition) is 6. The normalized spacial score (nSPS) is 19.2. The van der Waals surface area contributed by atoms with E-state index in [2.05, 4.69) is 15.7 Å². The first-order valence-corrected chi connectivity index (χ1v) is 8.37. The molecule has 2 aromatic rings. The van der Waals surface area contributed by atoms with Crippen LogP contribution < -0.4 is 24.8 Å². The van der Waals surface area contributed by atoms with Gasteiger partial charge in [0, 0.05) is 44.4 Å². The lowest BCUT2D eigenvalue weighted by Crippen LogP contribution is -2.28. The highest BCUT2D eigenvalue weighted by Gasteiger charge is 2.35. The van der Waals surface area contributed by atoms with Crippen LogP contribution in [0.2, 0.25) is 0 Å². The van der Waals surface area contributed by atoms with Gasteiger partial charge in [-0.2, -0.15) is 5.10 Å². The second-order valence-electron chi connectivity index (χ2n) is 6.22. The zero-order valence-corrected chi connectivity index (χ0v) is 15.4. The SMILES string of the molecule is COc1cc(OC)c(OC)cc1NC(=O)[C@H]1CNC[C@@H]1c1cnn(C)c1. The number of benzene rings is 1. The van der Waals surface area contributed by atoms with Crippen LogP contribution in [-0.2, 0) is 11.8 Å². The van der Waals surface area contributed by atoms with Crippen LogP contribution >= 0.6 is 0 Å². The number of nitrogens with zero attached hydrogens (tertiary/aromatic N) is 2. The van der Waals surface area contributed by atoms with Crippen molar-refractivity contribution in [3.8, 4) is 17.2 Å². The van der Waals surface area contributed by atoms with Crippen molar-refractivity contribution >= 4 is 11.6 Å². The number of amides is 1. The predicted octanol–water partition coefficient (Wildman–Crippen LogP) is 1.39. The fraction of sp³-hybridized carbons (Fsp3) is 0.444. The Kier molecular flexibility index (Phi) is 5.32. The van der Waals surface area contributed by atoms with E-state index in [1.807, 2.05) is 19.4 Å². The van der Waals surface area contributed by atoms with Crippen molar-refractivity contribution in [2.45, 2.75) is 5.92 Å². The molecule has 2 N–H and O–H groups in total. The first kappa shape index (κ1) is 18.1. The Morgan fingerprint density at radius 1 is 1.15 bits per heavy atom. The second kappa shape index (κ2) is 7.65. The largest absolute Gasteiger partial charge is 0.494 e. The molecule has 2 atom stereocenters. The van der Waals surface area contributed by atoms with Gasteiger partial charge in [0.2, 0.25) is 5.91 Å². The van der Waals surface area contributed by atoms with Crippen molar-refractivity contribution in [1.82, 2.24) is 15.1 Å². The Bertz CT molecular complexity index is 789. The third kappa shape index (κ3) is 3.45. The van der Waals surface area contributed by atoms with Gasteiger partial charge in [-0.25, -0.2) is 0 Å². The third-order valence-electron chi connectivity index (χ3n) is 4.67. The summed E-state index contributed by atoms with van der Waals surface area (Å²) in [5.74, 6) is 1.39. The molecule has 140 valence electrons. The Labute approximate surface area is 152 Å². The summed E-state index contributed by atoms with van der Waals surface area (Å²) in [6, 6.07) is 3.40. The van der Waals surface area contributed by atoms with E-state index < -0.39 is 0 Å². The van der Waals surface area contributed by atoms with E-state index in [0.717, 1.165) is 12.1 Å². The van der Waals surface area contributed by atoms with Gasteiger partial charge in [-0.05, 0) is 5.56 Å². The van der Waals surface area contributed by atoms with Gasteiger partial charge in [0.15, 0.2) is 11.5 Å². The molecule has 1 aromatic heterocycles. The summed E-state index contributed by atoms with van der Waals surface area (Å²) < 4.78 is 17.7. The van der Waals surface area contributed by atoms with Gasteiger partial charge in [-0.1, -0.05) is 0 Å². The number of aromatic nitrogens is 2. The van der Waals surface area contributed by atoms with Crippen LogP contribution in [0, 0.1) is 5.92 Å². The minimum atomic E-state index is -0.197. The molecule has 26 heavy (non-hydrogen) atoms. The second-order valence-corrected chi connectivity index (χ2v) is 6.22. The van der Waals surface area contributed by atoms with E-state index in [-0.39, 0.29) is 17.7 Å². The number of hydrogen-bond donors (Lipinski definition) is 2. The van der Waals surface area contributed by atoms with Crippen molar-refractivity contribution in [3.63, 3.8) is 0 Å². The van der Waals surface area contributed by atoms with Crippen LogP contribution in [0.5, 0.6) is 17.2 Å². The van der Waals surface area contributed by atoms with E-state index in [0.29, 0.717) is 29.5 Å². The summed E-state index contributed by atoms with van der Waals surface area (Å²) >= 11 is 0. The van der Waals surface area contributed by atoms with E-state index in [1.165, 1.54) is 0 Å². The molecule has 8 heteroatoms. The maximum atomic E-state index is 12.9. The minimum absolute atomic E-state index is 0.0747. The predicted molar refractivity (Wildman–Crippen MR) is 97.0 cm³/mol. The summed E-state index contributed by atoms with van der Waals surface area (Å²) in [6.45, 7) is 1.36. The fourth-order valence-electron chi connectivity index (χ4n) is 3.29. The molecule has 1 aliphatic rings. The highest BCUT2D eigenvalue weighted by Crippen LogP contribution is 2.38. The summed E-state index contributed by atoms with van der Waals surface area (Å²) in [5, 5.41) is 10.5. The lowest BCUT2D eigenvalue weighted by molar-refractivity contribution is -0.119. The Balaban J connectivity index is 1.83. The summed E-state index contributed by atoms with van der Waals surface area (Å²) in [6.07, 6.45) is 3.77. The zero-order valence-electron chi connectivity index (χ0n) is 15.4. The summed E-state index contributed by atoms with van der Waals surface area (Å²) in [5.41, 5.74) is 1.60. The van der Waals surface area contributed by atoms with Crippen LogP contribution in [0.1, 0.15) is 11.5 Å². The number of ether oxygens (including phenoxy) is 3. The number of nitrogens with one attached hydrogen (secondary N) is 2. The molecular weight excluding hydrogens is 336 g/mol. The van der Waals surface area contributed by atoms with Gasteiger partial charge < -0.3 is 24.8 Å². The molecule has 1 aliphatic heterocycles. The van der Waals surface area contributed by atoms with Crippen molar-refractivity contribution in [2.75, 3.05) is 39.7 Å². The number of carbonyl (C=O) groups excluding carboxylic acids is 1. The van der Waals surface area contributed by atoms with Crippen molar-refractivity contribution in [2.24, 2.45) is 13.0 Å². The van der Waals surface area contributed by atoms with Crippen LogP contribution in [0.25, 0.3) is 0 Å². The highest BCUT2D eigenvalue weighted by molar-refractivity contribution is 5.95. The average Bonchev–Trinajstić information content (AvgIpc) is 3.29. The fourth-order valence-corrected chi connectivity index (χ4v) is 3.29. The molecule has 0 radical (unpaired) electrons. The van der Waals surface area contributed by atoms with Crippen LogP contribution in [-0.4, -0.2) is 50.1 Å². The number of aryl methyl sites for hydroxylation is 1. The molecule has 2 heterocycles. The Hall–Kier alpha value is -2.74. The number of methoxy groups -OCH3 is 3. The molecule has 3 rings (SSSR count). The lowest BCUT2D eigenvalue weighted by Gasteiger charge is -2.19. The molecule has 8 nitrogen and oxygen atoms in total. The number of anilines is 1. The quantitative estimate of drug-likeness (QED) is 0.810. The standard InChI is InChI=1S/C18H24N4O4/c1-22-10-11(7-20-22)12-8-19-9-13(12)18(23)21-14-5-16(25-3)17(26-4)6-15(14)24-2/h5-7,10,12-13,19H,8-9H2,1-4H3,(H,21,23)/t12-,13+/m1/s1.